The van der Waals surface area contributed by atoms with Crippen molar-refractivity contribution in [3.05, 3.63) is 40.1 Å². The summed E-state index contributed by atoms with van der Waals surface area (Å²) in [6, 6.07) is 8.98. The average molecular weight is 259 g/mol. The summed E-state index contributed by atoms with van der Waals surface area (Å²) in [5.41, 5.74) is 1.32. The lowest BCUT2D eigenvalue weighted by molar-refractivity contribution is 0.0698. The van der Waals surface area contributed by atoms with Gasteiger partial charge in [-0.25, -0.2) is 4.79 Å². The fourth-order valence-corrected chi connectivity index (χ4v) is 2.49. The number of aromatic carboxylic acids is 1. The number of nitriles is 1. The van der Waals surface area contributed by atoms with Gasteiger partial charge in [0.2, 0.25) is 0 Å². The summed E-state index contributed by atoms with van der Waals surface area (Å²) >= 11 is 1.14. The molecule has 18 heavy (non-hydrogen) atoms. The molecule has 0 aliphatic rings. The fourth-order valence-electron chi connectivity index (χ4n) is 1.64. The lowest BCUT2D eigenvalue weighted by Gasteiger charge is -2.04. The van der Waals surface area contributed by atoms with Crippen LogP contribution in [0.25, 0.3) is 11.1 Å². The van der Waals surface area contributed by atoms with E-state index in [0.717, 1.165) is 11.3 Å². The Morgan fingerprint density at radius 3 is 2.56 bits per heavy atom. The van der Waals surface area contributed by atoms with Crippen LogP contribution in [0.15, 0.2) is 29.6 Å². The molecule has 0 saturated carbocycles. The monoisotopic (exact) mass is 259 g/mol. The molecule has 1 aromatic heterocycles. The molecule has 90 valence electrons. The number of hydrogen-bond acceptors (Lipinski definition) is 4. The summed E-state index contributed by atoms with van der Waals surface area (Å²) in [6.07, 6.45) is 0. The molecule has 0 fully saturated rings. The quantitative estimate of drug-likeness (QED) is 0.919. The standard InChI is InChI=1S/C13H9NO3S/c1-17-9-4-2-8(3-5-9)12-10(13(15)16)7-18-11(12)6-14/h2-5,7H,1H3,(H,15,16). The van der Waals surface area contributed by atoms with Gasteiger partial charge in [0, 0.05) is 10.9 Å². The second-order valence-corrected chi connectivity index (χ2v) is 4.38. The first-order chi connectivity index (χ1) is 8.67. The zero-order valence-electron chi connectivity index (χ0n) is 9.51. The zero-order chi connectivity index (χ0) is 13.1. The van der Waals surface area contributed by atoms with Crippen LogP contribution >= 0.6 is 11.3 Å². The summed E-state index contributed by atoms with van der Waals surface area (Å²) in [5.74, 6) is -0.345. The van der Waals surface area contributed by atoms with Crippen molar-refractivity contribution in [3.8, 4) is 22.9 Å². The molecule has 0 bridgehead atoms. The van der Waals surface area contributed by atoms with Crippen LogP contribution in [-0.4, -0.2) is 18.2 Å². The number of carbonyl (C=O) groups is 1. The maximum absolute atomic E-state index is 11.1. The van der Waals surface area contributed by atoms with Crippen molar-refractivity contribution in [2.24, 2.45) is 0 Å². The second kappa shape index (κ2) is 4.90. The molecular weight excluding hydrogens is 250 g/mol. The van der Waals surface area contributed by atoms with Gasteiger partial charge in [-0.05, 0) is 17.7 Å². The van der Waals surface area contributed by atoms with Gasteiger partial charge in [-0.2, -0.15) is 5.26 Å². The Kier molecular flexibility index (Phi) is 3.31. The molecule has 0 amide bonds. The highest BCUT2D eigenvalue weighted by Crippen LogP contribution is 2.33. The minimum absolute atomic E-state index is 0.154. The number of hydrogen-bond donors (Lipinski definition) is 1. The van der Waals surface area contributed by atoms with Crippen molar-refractivity contribution >= 4 is 17.3 Å². The van der Waals surface area contributed by atoms with Crippen molar-refractivity contribution in [1.29, 1.82) is 5.26 Å². The first kappa shape index (κ1) is 12.1. The highest BCUT2D eigenvalue weighted by atomic mass is 32.1. The molecule has 5 heteroatoms. The molecule has 2 aromatic rings. The molecule has 0 aliphatic carbocycles. The molecule has 0 aliphatic heterocycles. The van der Waals surface area contributed by atoms with E-state index in [1.807, 2.05) is 6.07 Å². The molecule has 0 atom stereocenters. The molecule has 1 heterocycles. The van der Waals surface area contributed by atoms with Gasteiger partial charge < -0.3 is 9.84 Å². The smallest absolute Gasteiger partial charge is 0.337 e. The van der Waals surface area contributed by atoms with Crippen LogP contribution in [0.1, 0.15) is 15.2 Å². The first-order valence-electron chi connectivity index (χ1n) is 5.06. The van der Waals surface area contributed by atoms with Gasteiger partial charge in [-0.1, -0.05) is 12.1 Å². The van der Waals surface area contributed by atoms with Gasteiger partial charge in [0.1, 0.15) is 16.7 Å². The van der Waals surface area contributed by atoms with Gasteiger partial charge in [0.15, 0.2) is 0 Å². The molecule has 0 unspecified atom stereocenters. The predicted octanol–water partition coefficient (Wildman–Crippen LogP) is 2.99. The van der Waals surface area contributed by atoms with Gasteiger partial charge in [0.05, 0.1) is 12.7 Å². The van der Waals surface area contributed by atoms with Gasteiger partial charge in [-0.15, -0.1) is 11.3 Å². The van der Waals surface area contributed by atoms with Crippen LogP contribution in [0, 0.1) is 11.3 Å². The van der Waals surface area contributed by atoms with Crippen molar-refractivity contribution in [1.82, 2.24) is 0 Å². The van der Waals surface area contributed by atoms with E-state index < -0.39 is 5.97 Å². The van der Waals surface area contributed by atoms with E-state index in [1.165, 1.54) is 5.38 Å². The maximum Gasteiger partial charge on any atom is 0.337 e. The Hall–Kier alpha value is -2.32. The number of thiophene rings is 1. The van der Waals surface area contributed by atoms with Crippen LogP contribution < -0.4 is 4.74 Å². The number of methoxy groups -OCH3 is 1. The van der Waals surface area contributed by atoms with Crippen LogP contribution in [0.3, 0.4) is 0 Å². The van der Waals surface area contributed by atoms with E-state index in [0.29, 0.717) is 21.8 Å². The highest BCUT2D eigenvalue weighted by Gasteiger charge is 2.18. The predicted molar refractivity (Wildman–Crippen MR) is 68.0 cm³/mol. The number of carboxylic acid groups (broad SMARTS) is 1. The van der Waals surface area contributed by atoms with Gasteiger partial charge in [-0.3, -0.25) is 0 Å². The van der Waals surface area contributed by atoms with E-state index in [9.17, 15) is 4.79 Å². The van der Waals surface area contributed by atoms with Gasteiger partial charge >= 0.3 is 5.97 Å². The van der Waals surface area contributed by atoms with Crippen LogP contribution in [0.5, 0.6) is 5.75 Å². The Morgan fingerprint density at radius 2 is 2.06 bits per heavy atom. The van der Waals surface area contributed by atoms with Crippen molar-refractivity contribution in [2.45, 2.75) is 0 Å². The maximum atomic E-state index is 11.1. The Morgan fingerprint density at radius 1 is 1.39 bits per heavy atom. The summed E-state index contributed by atoms with van der Waals surface area (Å²) in [7, 11) is 1.56. The minimum atomic E-state index is -1.03. The molecule has 2 rings (SSSR count). The molecule has 1 N–H and O–H groups in total. The Bertz CT molecular complexity index is 623. The molecule has 0 radical (unpaired) electrons. The van der Waals surface area contributed by atoms with Crippen LogP contribution in [-0.2, 0) is 0 Å². The molecule has 1 aromatic carbocycles. The average Bonchev–Trinajstić information content (AvgIpc) is 2.82. The van der Waals surface area contributed by atoms with Gasteiger partial charge in [0.25, 0.3) is 0 Å². The van der Waals surface area contributed by atoms with E-state index in [1.54, 1.807) is 31.4 Å². The minimum Gasteiger partial charge on any atom is -0.497 e. The summed E-state index contributed by atoms with van der Waals surface area (Å²) < 4.78 is 5.04. The van der Waals surface area contributed by atoms with Crippen molar-refractivity contribution in [3.63, 3.8) is 0 Å². The van der Waals surface area contributed by atoms with Crippen molar-refractivity contribution < 1.29 is 14.6 Å². The zero-order valence-corrected chi connectivity index (χ0v) is 10.3. The second-order valence-electron chi connectivity index (χ2n) is 3.50. The third kappa shape index (κ3) is 2.06. The Balaban J connectivity index is 2.58. The topological polar surface area (TPSA) is 70.3 Å². The molecule has 0 saturated heterocycles. The fraction of sp³-hybridized carbons (Fsp3) is 0.0769. The summed E-state index contributed by atoms with van der Waals surface area (Å²) in [4.78, 5) is 11.5. The SMILES string of the molecule is COc1ccc(-c2c(C(=O)O)csc2C#N)cc1. The largest absolute Gasteiger partial charge is 0.497 e. The van der Waals surface area contributed by atoms with Crippen LogP contribution in [0.2, 0.25) is 0 Å². The highest BCUT2D eigenvalue weighted by molar-refractivity contribution is 7.11. The van der Waals surface area contributed by atoms with E-state index in [2.05, 4.69) is 0 Å². The normalized spacial score (nSPS) is 9.78. The lowest BCUT2D eigenvalue weighted by atomic mass is 10.0. The third-order valence-electron chi connectivity index (χ3n) is 2.50. The first-order valence-corrected chi connectivity index (χ1v) is 5.94. The number of ether oxygens (including phenoxy) is 1. The van der Waals surface area contributed by atoms with Crippen LogP contribution in [0.4, 0.5) is 0 Å². The molecule has 0 spiro atoms. The molecular formula is C13H9NO3S. The van der Waals surface area contributed by atoms with Crippen molar-refractivity contribution in [2.75, 3.05) is 7.11 Å². The lowest BCUT2D eigenvalue weighted by Crippen LogP contribution is -1.96. The summed E-state index contributed by atoms with van der Waals surface area (Å²) in [5, 5.41) is 19.6. The number of carboxylic acids is 1. The molecule has 4 nitrogen and oxygen atoms in total. The van der Waals surface area contributed by atoms with E-state index >= 15 is 0 Å². The summed E-state index contributed by atoms with van der Waals surface area (Å²) in [6.45, 7) is 0. The van der Waals surface area contributed by atoms with E-state index in [-0.39, 0.29) is 5.56 Å². The van der Waals surface area contributed by atoms with E-state index in [4.69, 9.17) is 15.1 Å². The number of benzene rings is 1. The third-order valence-corrected chi connectivity index (χ3v) is 3.39. The Labute approximate surface area is 108 Å². The number of nitrogens with zero attached hydrogens (tertiary/aromatic N) is 1. The number of rotatable bonds is 3.